The first-order chi connectivity index (χ1) is 30.9. The van der Waals surface area contributed by atoms with Gasteiger partial charge in [-0.05, 0) is 42.0 Å². The summed E-state index contributed by atoms with van der Waals surface area (Å²) in [7, 11) is 1.27. The lowest BCUT2D eigenvalue weighted by molar-refractivity contribution is -0.334. The molecule has 2 fully saturated rings. The van der Waals surface area contributed by atoms with Crippen LogP contribution < -0.4 is 0 Å². The maximum absolute atomic E-state index is 13.9. The largest absolute Gasteiger partial charge is 0.463 e. The molecule has 0 aromatic heterocycles. The molecular weight excluding hydrogens is 836 g/mol. The summed E-state index contributed by atoms with van der Waals surface area (Å²) in [5.41, 5.74) is 1.12. The Balaban J connectivity index is 1.39. The van der Waals surface area contributed by atoms with Crippen molar-refractivity contribution < 1.29 is 80.9 Å². The van der Waals surface area contributed by atoms with Gasteiger partial charge in [-0.2, -0.15) is 0 Å². The average molecular weight is 885 g/mol. The Morgan fingerprint density at radius 1 is 0.438 bits per heavy atom. The zero-order chi connectivity index (χ0) is 45.6. The zero-order valence-electron chi connectivity index (χ0n) is 35.4. The van der Waals surface area contributed by atoms with E-state index in [9.17, 15) is 28.8 Å². The molecular formula is C47H48O17. The van der Waals surface area contributed by atoms with Crippen molar-refractivity contribution in [1.29, 1.82) is 0 Å². The Hall–Kier alpha value is -6.50. The van der Waals surface area contributed by atoms with E-state index in [0.717, 1.165) is 13.8 Å². The normalized spacial score (nSPS) is 25.2. The molecule has 2 aliphatic rings. The Morgan fingerprint density at radius 3 is 1.33 bits per heavy atom. The number of methoxy groups -OCH3 is 1. The maximum atomic E-state index is 13.9. The molecule has 2 heterocycles. The minimum atomic E-state index is -1.60. The van der Waals surface area contributed by atoms with E-state index in [1.165, 1.54) is 50.4 Å². The van der Waals surface area contributed by atoms with Crippen LogP contribution in [0, 0.1) is 0 Å². The Morgan fingerprint density at radius 2 is 0.844 bits per heavy atom. The molecule has 0 aliphatic carbocycles. The molecule has 338 valence electrons. The summed E-state index contributed by atoms with van der Waals surface area (Å²) < 4.78 is 66.0. The van der Waals surface area contributed by atoms with Gasteiger partial charge < -0.3 is 52.1 Å². The monoisotopic (exact) mass is 884 g/mol. The lowest BCUT2D eigenvalue weighted by Crippen LogP contribution is -2.64. The molecule has 0 radical (unpaired) electrons. The number of hydrogen-bond acceptors (Lipinski definition) is 17. The van der Waals surface area contributed by atoms with Gasteiger partial charge in [0.15, 0.2) is 43.1 Å². The Kier molecular flexibility index (Phi) is 16.7. The van der Waals surface area contributed by atoms with Crippen LogP contribution in [0.3, 0.4) is 0 Å². The molecule has 64 heavy (non-hydrogen) atoms. The third-order valence-corrected chi connectivity index (χ3v) is 9.94. The SMILES string of the molecule is CO[C@H]1O[C@H](CO[C@H]2O[C@H](COC(C)=O)[C@@H](OC(C)=O)[C@H](OC(C)=O)[C@H]2OCc2ccccc2)[C@@H](OC(=O)c2ccccc2)[C@H](OC(=O)c2ccccc2)[C@H]1OC(=O)c1ccccc1. The van der Waals surface area contributed by atoms with Gasteiger partial charge in [-0.15, -0.1) is 0 Å². The van der Waals surface area contributed by atoms with E-state index in [1.54, 1.807) is 78.9 Å². The van der Waals surface area contributed by atoms with Gasteiger partial charge in [0, 0.05) is 27.9 Å². The smallest absolute Gasteiger partial charge is 0.338 e. The van der Waals surface area contributed by atoms with Gasteiger partial charge in [-0.1, -0.05) is 84.9 Å². The van der Waals surface area contributed by atoms with Crippen molar-refractivity contribution in [2.75, 3.05) is 20.3 Å². The highest BCUT2D eigenvalue weighted by Crippen LogP contribution is 2.34. The Bertz CT molecular complexity index is 2170. The van der Waals surface area contributed by atoms with Crippen molar-refractivity contribution >= 4 is 35.8 Å². The highest BCUT2D eigenvalue weighted by Gasteiger charge is 2.55. The summed E-state index contributed by atoms with van der Waals surface area (Å²) >= 11 is 0. The molecule has 6 rings (SSSR count). The molecule has 0 amide bonds. The van der Waals surface area contributed by atoms with Crippen molar-refractivity contribution in [2.24, 2.45) is 0 Å². The molecule has 2 saturated heterocycles. The third-order valence-electron chi connectivity index (χ3n) is 9.94. The van der Waals surface area contributed by atoms with Gasteiger partial charge in [-0.25, -0.2) is 14.4 Å². The molecule has 0 N–H and O–H groups in total. The fourth-order valence-electron chi connectivity index (χ4n) is 7.04. The number of ether oxygens (including phenoxy) is 11. The van der Waals surface area contributed by atoms with Crippen LogP contribution in [-0.2, 0) is 73.1 Å². The summed E-state index contributed by atoms with van der Waals surface area (Å²) in [6, 6.07) is 32.9. The van der Waals surface area contributed by atoms with Crippen molar-refractivity contribution in [3.63, 3.8) is 0 Å². The van der Waals surface area contributed by atoms with Crippen LogP contribution in [0.1, 0.15) is 57.4 Å². The summed E-state index contributed by atoms with van der Waals surface area (Å²) in [5.74, 6) is -4.76. The first-order valence-corrected chi connectivity index (χ1v) is 20.3. The zero-order valence-corrected chi connectivity index (χ0v) is 35.4. The number of rotatable bonds is 17. The van der Waals surface area contributed by atoms with Gasteiger partial charge in [0.1, 0.15) is 24.9 Å². The van der Waals surface area contributed by atoms with E-state index < -0.39 is 110 Å². The number of carbonyl (C=O) groups excluding carboxylic acids is 6. The predicted molar refractivity (Wildman–Crippen MR) is 220 cm³/mol. The van der Waals surface area contributed by atoms with Crippen LogP contribution in [0.15, 0.2) is 121 Å². The lowest BCUT2D eigenvalue weighted by Gasteiger charge is -2.46. The molecule has 2 aliphatic heterocycles. The van der Waals surface area contributed by atoms with Crippen molar-refractivity contribution in [2.45, 2.75) is 88.8 Å². The van der Waals surface area contributed by atoms with Crippen molar-refractivity contribution in [3.05, 3.63) is 144 Å². The van der Waals surface area contributed by atoms with E-state index in [4.69, 9.17) is 52.1 Å². The van der Waals surface area contributed by atoms with Gasteiger partial charge in [0.2, 0.25) is 0 Å². The molecule has 0 spiro atoms. The summed E-state index contributed by atoms with van der Waals surface area (Å²) in [4.78, 5) is 78.5. The fraction of sp³-hybridized carbons (Fsp3) is 0.362. The first kappa shape index (κ1) is 47.0. The first-order valence-electron chi connectivity index (χ1n) is 20.3. The predicted octanol–water partition coefficient (Wildman–Crippen LogP) is 4.79. The summed E-state index contributed by atoms with van der Waals surface area (Å²) in [5, 5.41) is 0. The van der Waals surface area contributed by atoms with Gasteiger partial charge >= 0.3 is 35.8 Å². The molecule has 4 aromatic carbocycles. The van der Waals surface area contributed by atoms with E-state index >= 15 is 0 Å². The highest BCUT2D eigenvalue weighted by molar-refractivity contribution is 5.91. The maximum Gasteiger partial charge on any atom is 0.338 e. The van der Waals surface area contributed by atoms with Crippen LogP contribution in [-0.4, -0.2) is 118 Å². The molecule has 17 nitrogen and oxygen atoms in total. The Labute approximate surface area is 368 Å². The number of hydrogen-bond donors (Lipinski definition) is 0. The molecule has 4 aromatic rings. The van der Waals surface area contributed by atoms with Crippen LogP contribution in [0.25, 0.3) is 0 Å². The molecule has 0 saturated carbocycles. The molecule has 0 bridgehead atoms. The van der Waals surface area contributed by atoms with Gasteiger partial charge in [-0.3, -0.25) is 14.4 Å². The van der Waals surface area contributed by atoms with E-state index in [0.29, 0.717) is 5.56 Å². The number of benzene rings is 4. The van der Waals surface area contributed by atoms with Gasteiger partial charge in [0.05, 0.1) is 29.9 Å². The van der Waals surface area contributed by atoms with Crippen LogP contribution >= 0.6 is 0 Å². The highest BCUT2D eigenvalue weighted by atomic mass is 16.8. The van der Waals surface area contributed by atoms with E-state index in [1.807, 2.05) is 6.07 Å². The van der Waals surface area contributed by atoms with E-state index in [2.05, 4.69) is 0 Å². The minimum Gasteiger partial charge on any atom is -0.463 e. The average Bonchev–Trinajstić information content (AvgIpc) is 3.30. The number of esters is 6. The molecule has 17 heteroatoms. The summed E-state index contributed by atoms with van der Waals surface area (Å²) in [6.45, 7) is 2.38. The minimum absolute atomic E-state index is 0.0666. The van der Waals surface area contributed by atoms with Crippen LogP contribution in [0.5, 0.6) is 0 Å². The van der Waals surface area contributed by atoms with Crippen LogP contribution in [0.4, 0.5) is 0 Å². The van der Waals surface area contributed by atoms with Crippen molar-refractivity contribution in [1.82, 2.24) is 0 Å². The lowest BCUT2D eigenvalue weighted by atomic mass is 9.97. The molecule has 10 atom stereocenters. The standard InChI is InChI=1S/C47H48O17/c1-28(48)55-26-35-37(58-29(2)49)39(59-30(3)50)41(56-25-31-17-9-5-10-18-31)47(61-35)57-27-36-38(62-43(51)32-19-11-6-12-20-32)40(63-44(52)33-21-13-7-14-22-33)42(46(54-4)60-36)64-45(53)34-23-15-8-16-24-34/h5-24,35-42,46-47H,25-27H2,1-4H3/t35-,36-,37-,38-,39+,40+,41-,42-,46+,47+/m1/s1. The quantitative estimate of drug-likeness (QED) is 0.103. The van der Waals surface area contributed by atoms with Crippen LogP contribution in [0.2, 0.25) is 0 Å². The topological polar surface area (TPSA) is 204 Å². The van der Waals surface area contributed by atoms with Gasteiger partial charge in [0.25, 0.3) is 0 Å². The number of carbonyl (C=O) groups is 6. The third kappa shape index (κ3) is 12.6. The second-order valence-corrected chi connectivity index (χ2v) is 14.6. The fourth-order valence-corrected chi connectivity index (χ4v) is 7.04. The second kappa shape index (κ2) is 22.7. The summed E-state index contributed by atoms with van der Waals surface area (Å²) in [6.07, 6.45) is -14.4. The second-order valence-electron chi connectivity index (χ2n) is 14.6. The molecule has 0 unspecified atom stereocenters. The van der Waals surface area contributed by atoms with Crippen molar-refractivity contribution in [3.8, 4) is 0 Å². The van der Waals surface area contributed by atoms with E-state index in [-0.39, 0.29) is 23.3 Å².